The Bertz CT molecular complexity index is 319. The van der Waals surface area contributed by atoms with Gasteiger partial charge in [0.2, 0.25) is 0 Å². The number of nitrogens with one attached hydrogen (secondary N) is 1. The van der Waals surface area contributed by atoms with Crippen LogP contribution in [0.1, 0.15) is 44.2 Å². The maximum absolute atomic E-state index is 9.28. The van der Waals surface area contributed by atoms with Gasteiger partial charge in [0.15, 0.2) is 0 Å². The number of rotatable bonds is 6. The van der Waals surface area contributed by atoms with Gasteiger partial charge in [0, 0.05) is 6.04 Å². The van der Waals surface area contributed by atoms with Crippen LogP contribution in [0.2, 0.25) is 0 Å². The fraction of sp³-hybridized carbons (Fsp3) is 0.600. The molecule has 1 saturated carbocycles. The first-order chi connectivity index (χ1) is 8.29. The summed E-state index contributed by atoms with van der Waals surface area (Å²) in [7, 11) is 0. The topological polar surface area (TPSA) is 32.3 Å². The van der Waals surface area contributed by atoms with Crippen molar-refractivity contribution < 1.29 is 5.11 Å². The first kappa shape index (κ1) is 12.6. The largest absolute Gasteiger partial charge is 0.393 e. The lowest BCUT2D eigenvalue weighted by atomic mass is 9.82. The summed E-state index contributed by atoms with van der Waals surface area (Å²) in [5, 5.41) is 12.9. The van der Waals surface area contributed by atoms with Gasteiger partial charge in [-0.05, 0) is 37.3 Å². The Labute approximate surface area is 104 Å². The van der Waals surface area contributed by atoms with Crippen LogP contribution in [0.15, 0.2) is 30.3 Å². The molecule has 2 N–H and O–H groups in total. The molecular weight excluding hydrogens is 210 g/mol. The normalized spacial score (nSPS) is 25.3. The number of aliphatic hydroxyl groups is 1. The summed E-state index contributed by atoms with van der Waals surface area (Å²) in [6, 6.07) is 11.1. The van der Waals surface area contributed by atoms with Crippen LogP contribution in [0.3, 0.4) is 0 Å². The third-order valence-corrected chi connectivity index (χ3v) is 3.64. The lowest BCUT2D eigenvalue weighted by Crippen LogP contribution is -2.37. The van der Waals surface area contributed by atoms with Crippen molar-refractivity contribution in [3.05, 3.63) is 35.9 Å². The molecule has 0 spiro atoms. The standard InChI is InChI=1S/C15H23NO/c1-2-6-15(13-7-4-3-5-8-13)16-11-12-9-14(17)10-12/h3-5,7-8,12,14-17H,2,6,9-11H2,1H3. The van der Waals surface area contributed by atoms with Crippen molar-refractivity contribution in [1.29, 1.82) is 0 Å². The highest BCUT2D eigenvalue weighted by Crippen LogP contribution is 2.27. The monoisotopic (exact) mass is 233 g/mol. The van der Waals surface area contributed by atoms with E-state index in [0.717, 1.165) is 19.4 Å². The van der Waals surface area contributed by atoms with Gasteiger partial charge < -0.3 is 10.4 Å². The van der Waals surface area contributed by atoms with Crippen LogP contribution in [-0.2, 0) is 0 Å². The quantitative estimate of drug-likeness (QED) is 0.792. The highest BCUT2D eigenvalue weighted by atomic mass is 16.3. The van der Waals surface area contributed by atoms with Crippen LogP contribution in [0, 0.1) is 5.92 Å². The summed E-state index contributed by atoms with van der Waals surface area (Å²) >= 11 is 0. The summed E-state index contributed by atoms with van der Waals surface area (Å²) in [5.74, 6) is 0.674. The maximum atomic E-state index is 9.28. The molecule has 1 aliphatic rings. The van der Waals surface area contributed by atoms with E-state index in [0.29, 0.717) is 12.0 Å². The Balaban J connectivity index is 1.84. The second kappa shape index (κ2) is 6.18. The van der Waals surface area contributed by atoms with Crippen LogP contribution in [-0.4, -0.2) is 17.8 Å². The molecule has 0 heterocycles. The fourth-order valence-electron chi connectivity index (χ4n) is 2.54. The van der Waals surface area contributed by atoms with E-state index in [9.17, 15) is 5.11 Å². The second-order valence-corrected chi connectivity index (χ2v) is 5.15. The minimum absolute atomic E-state index is 0.0387. The Morgan fingerprint density at radius 3 is 2.59 bits per heavy atom. The van der Waals surface area contributed by atoms with Gasteiger partial charge in [-0.1, -0.05) is 43.7 Å². The Morgan fingerprint density at radius 1 is 1.29 bits per heavy atom. The number of aliphatic hydroxyl groups excluding tert-OH is 1. The molecule has 1 fully saturated rings. The molecular formula is C15H23NO. The molecule has 0 radical (unpaired) electrons. The first-order valence-corrected chi connectivity index (χ1v) is 6.76. The molecule has 0 bridgehead atoms. The Hall–Kier alpha value is -0.860. The second-order valence-electron chi connectivity index (χ2n) is 5.15. The van der Waals surface area contributed by atoms with Crippen molar-refractivity contribution in [2.75, 3.05) is 6.54 Å². The maximum Gasteiger partial charge on any atom is 0.0546 e. The van der Waals surface area contributed by atoms with Gasteiger partial charge in [0.25, 0.3) is 0 Å². The molecule has 0 aliphatic heterocycles. The average Bonchev–Trinajstić information content (AvgIpc) is 2.32. The highest BCUT2D eigenvalue weighted by Gasteiger charge is 2.27. The van der Waals surface area contributed by atoms with Crippen LogP contribution in [0.25, 0.3) is 0 Å². The third kappa shape index (κ3) is 3.55. The van der Waals surface area contributed by atoms with E-state index in [4.69, 9.17) is 0 Å². The molecule has 0 saturated heterocycles. The molecule has 1 atom stereocenters. The van der Waals surface area contributed by atoms with E-state index < -0.39 is 0 Å². The highest BCUT2D eigenvalue weighted by molar-refractivity contribution is 5.18. The summed E-state index contributed by atoms with van der Waals surface area (Å²) in [4.78, 5) is 0. The van der Waals surface area contributed by atoms with Crippen molar-refractivity contribution in [3.63, 3.8) is 0 Å². The van der Waals surface area contributed by atoms with Gasteiger partial charge >= 0.3 is 0 Å². The number of benzene rings is 1. The summed E-state index contributed by atoms with van der Waals surface area (Å²) in [6.45, 7) is 3.27. The van der Waals surface area contributed by atoms with Crippen LogP contribution < -0.4 is 5.32 Å². The van der Waals surface area contributed by atoms with Gasteiger partial charge in [0.1, 0.15) is 0 Å². The molecule has 2 rings (SSSR count). The molecule has 1 aromatic rings. The number of hydrogen-bond donors (Lipinski definition) is 2. The van der Waals surface area contributed by atoms with Gasteiger partial charge in [-0.25, -0.2) is 0 Å². The van der Waals surface area contributed by atoms with Crippen LogP contribution in [0.5, 0.6) is 0 Å². The molecule has 2 nitrogen and oxygen atoms in total. The SMILES string of the molecule is CCCC(NCC1CC(O)C1)c1ccccc1. The average molecular weight is 233 g/mol. The lowest BCUT2D eigenvalue weighted by Gasteiger charge is -2.33. The molecule has 0 aromatic heterocycles. The van der Waals surface area contributed by atoms with Crippen LogP contribution in [0.4, 0.5) is 0 Å². The first-order valence-electron chi connectivity index (χ1n) is 6.76. The van der Waals surface area contributed by atoms with Gasteiger partial charge in [-0.2, -0.15) is 0 Å². The van der Waals surface area contributed by atoms with Crippen LogP contribution >= 0.6 is 0 Å². The Kier molecular flexibility index (Phi) is 4.57. The van der Waals surface area contributed by atoms with E-state index in [-0.39, 0.29) is 6.10 Å². The van der Waals surface area contributed by atoms with E-state index in [2.05, 4.69) is 42.6 Å². The molecule has 17 heavy (non-hydrogen) atoms. The molecule has 0 amide bonds. The molecule has 1 unspecified atom stereocenters. The van der Waals surface area contributed by atoms with Crippen molar-refractivity contribution in [3.8, 4) is 0 Å². The summed E-state index contributed by atoms with van der Waals surface area (Å²) < 4.78 is 0. The van der Waals surface area contributed by atoms with Crippen molar-refractivity contribution in [2.24, 2.45) is 5.92 Å². The smallest absolute Gasteiger partial charge is 0.0546 e. The lowest BCUT2D eigenvalue weighted by molar-refractivity contribution is 0.0417. The van der Waals surface area contributed by atoms with Crippen molar-refractivity contribution in [1.82, 2.24) is 5.32 Å². The minimum Gasteiger partial charge on any atom is -0.393 e. The van der Waals surface area contributed by atoms with E-state index >= 15 is 0 Å². The van der Waals surface area contributed by atoms with Crippen molar-refractivity contribution in [2.45, 2.75) is 44.8 Å². The predicted molar refractivity (Wildman–Crippen MR) is 70.8 cm³/mol. The molecule has 1 aromatic carbocycles. The molecule has 94 valence electrons. The predicted octanol–water partition coefficient (Wildman–Crippen LogP) is 2.89. The minimum atomic E-state index is -0.0387. The summed E-state index contributed by atoms with van der Waals surface area (Å²) in [6.07, 6.45) is 4.28. The van der Waals surface area contributed by atoms with Gasteiger partial charge in [0.05, 0.1) is 6.10 Å². The summed E-state index contributed by atoms with van der Waals surface area (Å²) in [5.41, 5.74) is 1.38. The Morgan fingerprint density at radius 2 is 2.00 bits per heavy atom. The van der Waals surface area contributed by atoms with Gasteiger partial charge in [-0.15, -0.1) is 0 Å². The zero-order chi connectivity index (χ0) is 12.1. The molecule has 1 aliphatic carbocycles. The van der Waals surface area contributed by atoms with Crippen molar-refractivity contribution >= 4 is 0 Å². The molecule has 2 heteroatoms. The zero-order valence-electron chi connectivity index (χ0n) is 10.6. The zero-order valence-corrected chi connectivity index (χ0v) is 10.6. The van der Waals surface area contributed by atoms with E-state index in [1.54, 1.807) is 0 Å². The third-order valence-electron chi connectivity index (χ3n) is 3.64. The fourth-order valence-corrected chi connectivity index (χ4v) is 2.54. The van der Waals surface area contributed by atoms with Gasteiger partial charge in [-0.3, -0.25) is 0 Å². The number of hydrogen-bond acceptors (Lipinski definition) is 2. The van der Waals surface area contributed by atoms with E-state index in [1.165, 1.54) is 18.4 Å². The van der Waals surface area contributed by atoms with E-state index in [1.807, 2.05) is 0 Å².